The molecular weight excluding hydrogens is 272 g/mol. The molecule has 22 heavy (non-hydrogen) atoms. The fourth-order valence-corrected chi connectivity index (χ4v) is 6.43. The normalized spacial score (nSPS) is 50.4. The van der Waals surface area contributed by atoms with Gasteiger partial charge in [-0.15, -0.1) is 6.42 Å². The Labute approximate surface area is 133 Å². The summed E-state index contributed by atoms with van der Waals surface area (Å²) < 4.78 is 0. The van der Waals surface area contributed by atoms with Crippen molar-refractivity contribution < 1.29 is 9.90 Å². The van der Waals surface area contributed by atoms with Crippen molar-refractivity contribution >= 4 is 5.78 Å². The number of aliphatic hydroxyl groups is 1. The SMILES string of the molecule is C#CC1(O)CC[C@@H]2[C@@H]3CCC4=CC(=O)CC[C@@H]4[C@@H]3CC[C@@]21C. The topological polar surface area (TPSA) is 37.3 Å². The van der Waals surface area contributed by atoms with Crippen LogP contribution >= 0.6 is 0 Å². The first-order valence-electron chi connectivity index (χ1n) is 8.92. The molecule has 0 bridgehead atoms. The summed E-state index contributed by atoms with van der Waals surface area (Å²) >= 11 is 0. The molecule has 2 heteroatoms. The molecule has 118 valence electrons. The van der Waals surface area contributed by atoms with Gasteiger partial charge in [0.15, 0.2) is 5.78 Å². The third-order valence-corrected chi connectivity index (χ3v) is 7.69. The molecule has 1 unspecified atom stereocenters. The van der Waals surface area contributed by atoms with Gasteiger partial charge in [-0.3, -0.25) is 4.79 Å². The van der Waals surface area contributed by atoms with Crippen molar-refractivity contribution in [1.29, 1.82) is 0 Å². The summed E-state index contributed by atoms with van der Waals surface area (Å²) in [6.07, 6.45) is 15.7. The second kappa shape index (κ2) is 4.71. The Morgan fingerprint density at radius 3 is 2.77 bits per heavy atom. The predicted octanol–water partition coefficient (Wildman–Crippen LogP) is 3.49. The van der Waals surface area contributed by atoms with E-state index in [0.717, 1.165) is 44.9 Å². The zero-order valence-electron chi connectivity index (χ0n) is 13.5. The van der Waals surface area contributed by atoms with Crippen LogP contribution in [-0.2, 0) is 4.79 Å². The molecular formula is C20H26O2. The number of terminal acetylenes is 1. The van der Waals surface area contributed by atoms with Crippen LogP contribution < -0.4 is 0 Å². The third-order valence-electron chi connectivity index (χ3n) is 7.69. The van der Waals surface area contributed by atoms with Crippen molar-refractivity contribution in [2.45, 2.75) is 63.9 Å². The number of fused-ring (bicyclic) bond motifs is 5. The molecule has 2 nitrogen and oxygen atoms in total. The second-order valence-electron chi connectivity index (χ2n) is 8.30. The highest BCUT2D eigenvalue weighted by Gasteiger charge is 2.61. The van der Waals surface area contributed by atoms with Crippen molar-refractivity contribution in [1.82, 2.24) is 0 Å². The Kier molecular flexibility index (Phi) is 3.11. The van der Waals surface area contributed by atoms with Gasteiger partial charge >= 0.3 is 0 Å². The maximum Gasteiger partial charge on any atom is 0.155 e. The molecule has 1 N–H and O–H groups in total. The summed E-state index contributed by atoms with van der Waals surface area (Å²) in [7, 11) is 0. The van der Waals surface area contributed by atoms with E-state index in [0.29, 0.717) is 29.5 Å². The molecule has 0 radical (unpaired) electrons. The number of hydrogen-bond acceptors (Lipinski definition) is 2. The molecule has 4 rings (SSSR count). The van der Waals surface area contributed by atoms with Crippen LogP contribution in [0.25, 0.3) is 0 Å². The zero-order valence-corrected chi connectivity index (χ0v) is 13.5. The first kappa shape index (κ1) is 14.5. The minimum absolute atomic E-state index is 0.103. The summed E-state index contributed by atoms with van der Waals surface area (Å²) in [4.78, 5) is 11.7. The average Bonchev–Trinajstić information content (AvgIpc) is 2.79. The molecule has 0 amide bonds. The summed E-state index contributed by atoms with van der Waals surface area (Å²) in [6.45, 7) is 2.23. The van der Waals surface area contributed by atoms with Crippen LogP contribution in [0.1, 0.15) is 58.3 Å². The molecule has 0 heterocycles. The number of carbonyl (C=O) groups is 1. The van der Waals surface area contributed by atoms with Gasteiger partial charge in [-0.25, -0.2) is 0 Å². The second-order valence-corrected chi connectivity index (χ2v) is 8.30. The standard InChI is InChI=1S/C20H26O2/c1-3-20(22)11-9-18-17-6-4-13-12-14(21)5-7-15(13)16(17)8-10-19(18,20)2/h1,12,15-18,22H,4-11H2,2H3/t15-,16-,17+,18+,19-,20?/m0/s1. The zero-order chi connectivity index (χ0) is 15.5. The largest absolute Gasteiger partial charge is 0.377 e. The lowest BCUT2D eigenvalue weighted by atomic mass is 9.50. The average molecular weight is 298 g/mol. The van der Waals surface area contributed by atoms with E-state index < -0.39 is 5.60 Å². The third kappa shape index (κ3) is 1.75. The van der Waals surface area contributed by atoms with Gasteiger partial charge in [0.05, 0.1) is 0 Å². The number of hydrogen-bond donors (Lipinski definition) is 1. The van der Waals surface area contributed by atoms with Crippen molar-refractivity contribution in [3.63, 3.8) is 0 Å². The molecule has 0 aromatic rings. The van der Waals surface area contributed by atoms with Crippen molar-refractivity contribution in [2.75, 3.05) is 0 Å². The number of rotatable bonds is 0. The fraction of sp³-hybridized carbons (Fsp3) is 0.750. The highest BCUT2D eigenvalue weighted by Crippen LogP contribution is 2.64. The monoisotopic (exact) mass is 298 g/mol. The molecule has 4 aliphatic rings. The van der Waals surface area contributed by atoms with Crippen LogP contribution in [0, 0.1) is 41.4 Å². The highest BCUT2D eigenvalue weighted by molar-refractivity contribution is 5.91. The Bertz CT molecular complexity index is 583. The van der Waals surface area contributed by atoms with Crippen LogP contribution in [0.4, 0.5) is 0 Å². The maximum absolute atomic E-state index is 11.7. The van der Waals surface area contributed by atoms with Gasteiger partial charge in [0.25, 0.3) is 0 Å². The van der Waals surface area contributed by atoms with Crippen LogP contribution in [0.2, 0.25) is 0 Å². The number of ketones is 1. The van der Waals surface area contributed by atoms with E-state index in [1.807, 2.05) is 6.08 Å². The lowest BCUT2D eigenvalue weighted by Gasteiger charge is -2.54. The minimum atomic E-state index is -0.902. The van der Waals surface area contributed by atoms with E-state index in [9.17, 15) is 9.90 Å². The summed E-state index contributed by atoms with van der Waals surface area (Å²) in [5.74, 6) is 5.66. The van der Waals surface area contributed by atoms with Gasteiger partial charge < -0.3 is 5.11 Å². The van der Waals surface area contributed by atoms with Gasteiger partial charge in [-0.2, -0.15) is 0 Å². The van der Waals surface area contributed by atoms with Crippen LogP contribution in [0.5, 0.6) is 0 Å². The Balaban J connectivity index is 1.65. The summed E-state index contributed by atoms with van der Waals surface area (Å²) in [6, 6.07) is 0. The lowest BCUT2D eigenvalue weighted by Crippen LogP contribution is -2.52. The van der Waals surface area contributed by atoms with Gasteiger partial charge in [0.2, 0.25) is 0 Å². The molecule has 0 saturated heterocycles. The molecule has 4 aliphatic carbocycles. The Hall–Kier alpha value is -1.07. The summed E-state index contributed by atoms with van der Waals surface area (Å²) in [5, 5.41) is 10.9. The summed E-state index contributed by atoms with van der Waals surface area (Å²) in [5.41, 5.74) is 0.418. The van der Waals surface area contributed by atoms with Crippen LogP contribution in [0.3, 0.4) is 0 Å². The first-order valence-corrected chi connectivity index (χ1v) is 8.92. The smallest absolute Gasteiger partial charge is 0.155 e. The maximum atomic E-state index is 11.7. The molecule has 6 atom stereocenters. The Morgan fingerprint density at radius 1 is 1.18 bits per heavy atom. The minimum Gasteiger partial charge on any atom is -0.377 e. The molecule has 0 aromatic carbocycles. The van der Waals surface area contributed by atoms with E-state index in [1.54, 1.807) is 0 Å². The Morgan fingerprint density at radius 2 is 2.00 bits per heavy atom. The van der Waals surface area contributed by atoms with Gasteiger partial charge in [0.1, 0.15) is 5.60 Å². The van der Waals surface area contributed by atoms with E-state index in [1.165, 1.54) is 12.0 Å². The van der Waals surface area contributed by atoms with Gasteiger partial charge in [-0.1, -0.05) is 18.4 Å². The van der Waals surface area contributed by atoms with E-state index in [2.05, 4.69) is 12.8 Å². The number of carbonyl (C=O) groups excluding carboxylic acids is 1. The molecule has 0 aliphatic heterocycles. The van der Waals surface area contributed by atoms with E-state index in [4.69, 9.17) is 6.42 Å². The molecule has 0 aromatic heterocycles. The quantitative estimate of drug-likeness (QED) is 0.695. The van der Waals surface area contributed by atoms with Gasteiger partial charge in [0, 0.05) is 11.8 Å². The van der Waals surface area contributed by atoms with E-state index in [-0.39, 0.29) is 5.41 Å². The molecule has 0 spiro atoms. The molecule has 3 saturated carbocycles. The van der Waals surface area contributed by atoms with Crippen molar-refractivity contribution in [3.8, 4) is 12.3 Å². The molecule has 3 fully saturated rings. The van der Waals surface area contributed by atoms with Crippen molar-refractivity contribution in [3.05, 3.63) is 11.6 Å². The number of allylic oxidation sites excluding steroid dienone is 1. The van der Waals surface area contributed by atoms with E-state index >= 15 is 0 Å². The van der Waals surface area contributed by atoms with Crippen LogP contribution in [0.15, 0.2) is 11.6 Å². The lowest BCUT2D eigenvalue weighted by molar-refractivity contribution is -0.116. The van der Waals surface area contributed by atoms with Gasteiger partial charge in [-0.05, 0) is 74.7 Å². The van der Waals surface area contributed by atoms with Crippen molar-refractivity contribution in [2.24, 2.45) is 29.1 Å². The van der Waals surface area contributed by atoms with Crippen LogP contribution in [-0.4, -0.2) is 16.5 Å². The predicted molar refractivity (Wildman–Crippen MR) is 85.9 cm³/mol. The first-order chi connectivity index (χ1) is 10.5. The fourth-order valence-electron chi connectivity index (χ4n) is 6.43. The highest BCUT2D eigenvalue weighted by atomic mass is 16.3.